The molecule has 1 N–H and O–H groups in total. The van der Waals surface area contributed by atoms with E-state index in [4.69, 9.17) is 16.3 Å². The lowest BCUT2D eigenvalue weighted by Gasteiger charge is -2.02. The number of halogens is 1. The molecule has 6 heteroatoms. The molecule has 0 unspecified atom stereocenters. The van der Waals surface area contributed by atoms with Crippen LogP contribution in [0.3, 0.4) is 0 Å². The fourth-order valence-corrected chi connectivity index (χ4v) is 1.59. The van der Waals surface area contributed by atoms with E-state index in [2.05, 4.69) is 9.97 Å². The number of H-pyrrole nitrogens is 1. The normalized spacial score (nSPS) is 10.5. The number of hydrogen-bond acceptors (Lipinski definition) is 4. The molecule has 0 aliphatic rings. The zero-order chi connectivity index (χ0) is 12.4. The van der Waals surface area contributed by atoms with E-state index >= 15 is 0 Å². The molecule has 0 atom stereocenters. The van der Waals surface area contributed by atoms with Gasteiger partial charge in [0, 0.05) is 11.6 Å². The second kappa shape index (κ2) is 4.55. The summed E-state index contributed by atoms with van der Waals surface area (Å²) >= 11 is 5.78. The Morgan fingerprint density at radius 2 is 2.29 bits per heavy atom. The smallest absolute Gasteiger partial charge is 0.343 e. The SMILES string of the molecule is CCOC(=O)c1cc2cc(Cl)cnc2[nH]c1=O. The Hall–Kier alpha value is -1.88. The van der Waals surface area contributed by atoms with Gasteiger partial charge < -0.3 is 9.72 Å². The molecule has 0 fully saturated rings. The third-order valence-electron chi connectivity index (χ3n) is 2.16. The van der Waals surface area contributed by atoms with Crippen molar-refractivity contribution in [2.45, 2.75) is 6.92 Å². The van der Waals surface area contributed by atoms with E-state index in [1.54, 1.807) is 13.0 Å². The zero-order valence-corrected chi connectivity index (χ0v) is 9.75. The molecule has 0 radical (unpaired) electrons. The Bertz CT molecular complexity index is 636. The third-order valence-corrected chi connectivity index (χ3v) is 2.36. The second-order valence-corrected chi connectivity index (χ2v) is 3.76. The van der Waals surface area contributed by atoms with Gasteiger partial charge in [0.25, 0.3) is 5.56 Å². The number of hydrogen-bond donors (Lipinski definition) is 1. The highest BCUT2D eigenvalue weighted by Crippen LogP contribution is 2.14. The number of aromatic amines is 1. The minimum Gasteiger partial charge on any atom is -0.462 e. The molecule has 2 aromatic heterocycles. The first-order chi connectivity index (χ1) is 8.11. The monoisotopic (exact) mass is 252 g/mol. The number of pyridine rings is 2. The molecule has 88 valence electrons. The summed E-state index contributed by atoms with van der Waals surface area (Å²) < 4.78 is 4.78. The van der Waals surface area contributed by atoms with Crippen LogP contribution in [0.5, 0.6) is 0 Å². The Kier molecular flexibility index (Phi) is 3.10. The van der Waals surface area contributed by atoms with Gasteiger partial charge in [-0.1, -0.05) is 11.6 Å². The van der Waals surface area contributed by atoms with Crippen molar-refractivity contribution < 1.29 is 9.53 Å². The molecule has 2 rings (SSSR count). The van der Waals surface area contributed by atoms with Crippen molar-refractivity contribution in [1.29, 1.82) is 0 Å². The van der Waals surface area contributed by atoms with Crippen LogP contribution in [-0.2, 0) is 4.74 Å². The number of carbonyl (C=O) groups excluding carboxylic acids is 1. The summed E-state index contributed by atoms with van der Waals surface area (Å²) in [6.45, 7) is 1.88. The van der Waals surface area contributed by atoms with E-state index in [0.717, 1.165) is 0 Å². The van der Waals surface area contributed by atoms with Crippen molar-refractivity contribution >= 4 is 28.6 Å². The van der Waals surface area contributed by atoms with Gasteiger partial charge in [-0.15, -0.1) is 0 Å². The van der Waals surface area contributed by atoms with Gasteiger partial charge in [0.05, 0.1) is 11.6 Å². The van der Waals surface area contributed by atoms with Gasteiger partial charge in [0.2, 0.25) is 0 Å². The fourth-order valence-electron chi connectivity index (χ4n) is 1.43. The van der Waals surface area contributed by atoms with Crippen LogP contribution in [0, 0.1) is 0 Å². The summed E-state index contributed by atoms with van der Waals surface area (Å²) in [5.41, 5.74) is -0.193. The predicted octanol–water partition coefficient (Wildman–Crippen LogP) is 1.75. The number of fused-ring (bicyclic) bond motifs is 1. The minimum atomic E-state index is -0.657. The highest BCUT2D eigenvalue weighted by molar-refractivity contribution is 6.31. The van der Waals surface area contributed by atoms with Gasteiger partial charge in [0.1, 0.15) is 11.2 Å². The molecule has 0 saturated carbocycles. The summed E-state index contributed by atoms with van der Waals surface area (Å²) in [5, 5.41) is 1.01. The second-order valence-electron chi connectivity index (χ2n) is 3.32. The first kappa shape index (κ1) is 11.6. The number of carbonyl (C=O) groups is 1. The van der Waals surface area contributed by atoms with Crippen molar-refractivity contribution in [3.05, 3.63) is 39.3 Å². The minimum absolute atomic E-state index is 0.0524. The average Bonchev–Trinajstić information content (AvgIpc) is 2.29. The predicted molar refractivity (Wildman–Crippen MR) is 63.3 cm³/mol. The maximum absolute atomic E-state index is 11.6. The number of ether oxygens (including phenoxy) is 1. The third kappa shape index (κ3) is 2.29. The van der Waals surface area contributed by atoms with E-state index in [-0.39, 0.29) is 12.2 Å². The zero-order valence-electron chi connectivity index (χ0n) is 8.99. The molecule has 0 aromatic carbocycles. The Morgan fingerprint density at radius 3 is 3.00 bits per heavy atom. The van der Waals surface area contributed by atoms with Gasteiger partial charge in [0.15, 0.2) is 0 Å². The van der Waals surface area contributed by atoms with Crippen LogP contribution in [-0.4, -0.2) is 22.5 Å². The van der Waals surface area contributed by atoms with E-state index in [1.807, 2.05) is 0 Å². The standard InChI is InChI=1S/C11H9ClN2O3/c1-2-17-11(16)8-4-6-3-7(12)5-13-9(6)14-10(8)15/h3-5H,2H2,1H3,(H,13,14,15). The molecule has 0 aliphatic heterocycles. The molecule has 0 saturated heterocycles. The van der Waals surface area contributed by atoms with Crippen LogP contribution in [0.1, 0.15) is 17.3 Å². The number of rotatable bonds is 2. The lowest BCUT2D eigenvalue weighted by Crippen LogP contribution is -2.19. The molecular formula is C11H9ClN2O3. The Labute approximate surface area is 101 Å². The van der Waals surface area contributed by atoms with Crippen molar-refractivity contribution in [1.82, 2.24) is 9.97 Å². The van der Waals surface area contributed by atoms with Gasteiger partial charge in [-0.2, -0.15) is 0 Å². The van der Waals surface area contributed by atoms with Crippen LogP contribution in [0.25, 0.3) is 11.0 Å². The number of nitrogens with zero attached hydrogens (tertiary/aromatic N) is 1. The first-order valence-electron chi connectivity index (χ1n) is 4.97. The molecule has 17 heavy (non-hydrogen) atoms. The van der Waals surface area contributed by atoms with Crippen LogP contribution in [0.4, 0.5) is 0 Å². The van der Waals surface area contributed by atoms with Crippen molar-refractivity contribution in [3.63, 3.8) is 0 Å². The first-order valence-corrected chi connectivity index (χ1v) is 5.35. The van der Waals surface area contributed by atoms with Crippen LogP contribution in [0.2, 0.25) is 5.02 Å². The molecule has 0 bridgehead atoms. The maximum Gasteiger partial charge on any atom is 0.343 e. The Balaban J connectivity index is 2.61. The molecule has 5 nitrogen and oxygen atoms in total. The topological polar surface area (TPSA) is 72.0 Å². The van der Waals surface area contributed by atoms with Crippen molar-refractivity contribution in [2.75, 3.05) is 6.61 Å². The highest BCUT2D eigenvalue weighted by atomic mass is 35.5. The van der Waals surface area contributed by atoms with E-state index in [0.29, 0.717) is 16.1 Å². The van der Waals surface area contributed by atoms with Gasteiger partial charge >= 0.3 is 5.97 Å². The fraction of sp³-hybridized carbons (Fsp3) is 0.182. The number of nitrogens with one attached hydrogen (secondary N) is 1. The molecule has 0 amide bonds. The van der Waals surface area contributed by atoms with Crippen molar-refractivity contribution in [2.24, 2.45) is 0 Å². The summed E-state index contributed by atoms with van der Waals surface area (Å²) in [6.07, 6.45) is 1.42. The molecule has 0 aliphatic carbocycles. The van der Waals surface area contributed by atoms with Gasteiger partial charge in [-0.3, -0.25) is 4.79 Å². The van der Waals surface area contributed by atoms with Crippen LogP contribution < -0.4 is 5.56 Å². The molecule has 0 spiro atoms. The van der Waals surface area contributed by atoms with Crippen LogP contribution in [0.15, 0.2) is 23.1 Å². The largest absolute Gasteiger partial charge is 0.462 e. The van der Waals surface area contributed by atoms with Gasteiger partial charge in [-0.05, 0) is 19.1 Å². The van der Waals surface area contributed by atoms with E-state index in [1.165, 1.54) is 12.3 Å². The van der Waals surface area contributed by atoms with E-state index < -0.39 is 11.5 Å². The molecular weight excluding hydrogens is 244 g/mol. The lowest BCUT2D eigenvalue weighted by molar-refractivity contribution is 0.0524. The van der Waals surface area contributed by atoms with Crippen LogP contribution >= 0.6 is 11.6 Å². The quantitative estimate of drug-likeness (QED) is 0.827. The molecule has 2 heterocycles. The summed E-state index contributed by atoms with van der Waals surface area (Å²) in [4.78, 5) is 29.6. The summed E-state index contributed by atoms with van der Waals surface area (Å²) in [7, 11) is 0. The summed E-state index contributed by atoms with van der Waals surface area (Å²) in [5.74, 6) is -0.657. The maximum atomic E-state index is 11.6. The average molecular weight is 253 g/mol. The summed E-state index contributed by atoms with van der Waals surface area (Å²) in [6, 6.07) is 3.04. The number of aromatic nitrogens is 2. The lowest BCUT2D eigenvalue weighted by atomic mass is 10.2. The molecule has 2 aromatic rings. The number of esters is 1. The van der Waals surface area contributed by atoms with Crippen molar-refractivity contribution in [3.8, 4) is 0 Å². The van der Waals surface area contributed by atoms with Gasteiger partial charge in [-0.25, -0.2) is 9.78 Å². The Morgan fingerprint density at radius 1 is 1.53 bits per heavy atom. The van der Waals surface area contributed by atoms with E-state index in [9.17, 15) is 9.59 Å². The highest BCUT2D eigenvalue weighted by Gasteiger charge is 2.13.